The van der Waals surface area contributed by atoms with Crippen molar-refractivity contribution in [1.82, 2.24) is 4.98 Å². The van der Waals surface area contributed by atoms with E-state index >= 15 is 0 Å². The number of hydrogen-bond acceptors (Lipinski definition) is 6. The lowest BCUT2D eigenvalue weighted by Crippen LogP contribution is -2.42. The molecule has 0 bridgehead atoms. The summed E-state index contributed by atoms with van der Waals surface area (Å²) in [6.45, 7) is 6.62. The van der Waals surface area contributed by atoms with E-state index in [1.807, 2.05) is 32.0 Å². The average Bonchev–Trinajstić information content (AvgIpc) is 3.60. The maximum atomic E-state index is 14.2. The van der Waals surface area contributed by atoms with Gasteiger partial charge in [0.05, 0.1) is 18.9 Å². The summed E-state index contributed by atoms with van der Waals surface area (Å²) in [5, 5.41) is 1.93. The highest BCUT2D eigenvalue weighted by Gasteiger charge is 2.41. The molecule has 0 radical (unpaired) electrons. The summed E-state index contributed by atoms with van der Waals surface area (Å²) in [6.07, 6.45) is 5.32. The molecule has 1 aliphatic carbocycles. The van der Waals surface area contributed by atoms with Crippen molar-refractivity contribution in [2.45, 2.75) is 37.6 Å². The quantitative estimate of drug-likeness (QED) is 0.548. The number of nitrogens with zero attached hydrogens (tertiary/aromatic N) is 3. The van der Waals surface area contributed by atoms with Gasteiger partial charge in [-0.3, -0.25) is 9.29 Å². The fraction of sp³-hybridized carbons (Fsp3) is 0.435. The molecule has 3 heterocycles. The van der Waals surface area contributed by atoms with E-state index in [9.17, 15) is 8.42 Å². The Bertz CT molecular complexity index is 1200. The van der Waals surface area contributed by atoms with Crippen LogP contribution in [-0.2, 0) is 14.8 Å². The van der Waals surface area contributed by atoms with Crippen LogP contribution in [0, 0.1) is 12.8 Å². The van der Waals surface area contributed by atoms with Crippen LogP contribution in [0.25, 0.3) is 10.1 Å². The van der Waals surface area contributed by atoms with Gasteiger partial charge in [0.25, 0.3) is 10.0 Å². The number of thiophene rings is 1. The van der Waals surface area contributed by atoms with Gasteiger partial charge >= 0.3 is 0 Å². The molecule has 0 spiro atoms. The summed E-state index contributed by atoms with van der Waals surface area (Å²) in [7, 11) is -3.81. The normalized spacial score (nSPS) is 18.3. The fourth-order valence-electron chi connectivity index (χ4n) is 4.40. The largest absolute Gasteiger partial charge is 0.378 e. The first-order valence-corrected chi connectivity index (χ1v) is 13.0. The van der Waals surface area contributed by atoms with Crippen molar-refractivity contribution in [2.24, 2.45) is 5.92 Å². The Morgan fingerprint density at radius 1 is 1.19 bits per heavy atom. The minimum atomic E-state index is -3.81. The zero-order valence-corrected chi connectivity index (χ0v) is 19.5. The van der Waals surface area contributed by atoms with Gasteiger partial charge in [0.1, 0.15) is 9.90 Å². The molecule has 1 saturated carbocycles. The molecule has 2 aromatic heterocycles. The van der Waals surface area contributed by atoms with Gasteiger partial charge in [-0.15, -0.1) is 11.3 Å². The highest BCUT2D eigenvalue weighted by molar-refractivity contribution is 7.93. The molecule has 0 amide bonds. The topological polar surface area (TPSA) is 62.7 Å². The van der Waals surface area contributed by atoms with Crippen LogP contribution in [-0.4, -0.2) is 45.7 Å². The van der Waals surface area contributed by atoms with E-state index in [2.05, 4.69) is 22.0 Å². The first-order valence-electron chi connectivity index (χ1n) is 10.8. The molecular weight excluding hydrogens is 430 g/mol. The fourth-order valence-corrected chi connectivity index (χ4v) is 7.84. The Hall–Kier alpha value is -2.16. The van der Waals surface area contributed by atoms with Crippen LogP contribution in [0.3, 0.4) is 0 Å². The second-order valence-corrected chi connectivity index (χ2v) is 11.2. The van der Waals surface area contributed by atoms with Crippen molar-refractivity contribution < 1.29 is 13.2 Å². The van der Waals surface area contributed by atoms with E-state index in [-0.39, 0.29) is 10.9 Å². The van der Waals surface area contributed by atoms with Gasteiger partial charge in [0.2, 0.25) is 0 Å². The summed E-state index contributed by atoms with van der Waals surface area (Å²) in [6, 6.07) is 9.85. The molecule has 1 atom stereocenters. The summed E-state index contributed by atoms with van der Waals surface area (Å²) >= 11 is 1.56. The van der Waals surface area contributed by atoms with Crippen molar-refractivity contribution >= 4 is 42.1 Å². The molecule has 31 heavy (non-hydrogen) atoms. The molecule has 1 unspecified atom stereocenters. The van der Waals surface area contributed by atoms with Crippen molar-refractivity contribution in [3.05, 3.63) is 48.3 Å². The molecule has 6 nitrogen and oxygen atoms in total. The molecule has 1 aliphatic heterocycles. The third kappa shape index (κ3) is 3.70. The first kappa shape index (κ1) is 20.7. The number of anilines is 2. The molecule has 0 N–H and O–H groups in total. The lowest BCUT2D eigenvalue weighted by atomic mass is 10.1. The number of hydrogen-bond donors (Lipinski definition) is 0. The zero-order chi connectivity index (χ0) is 21.6. The SMILES string of the molecule is Cc1c(N(C(C)C2CC2)S(=O)(=O)c2cnccc2N2CCOCC2)sc2ccccc12. The van der Waals surface area contributed by atoms with Gasteiger partial charge in [-0.25, -0.2) is 8.42 Å². The zero-order valence-electron chi connectivity index (χ0n) is 17.8. The minimum absolute atomic E-state index is 0.102. The van der Waals surface area contributed by atoms with Gasteiger partial charge in [0.15, 0.2) is 0 Å². The maximum Gasteiger partial charge on any atom is 0.268 e. The predicted molar refractivity (Wildman–Crippen MR) is 126 cm³/mol. The van der Waals surface area contributed by atoms with E-state index in [0.717, 1.165) is 33.5 Å². The summed E-state index contributed by atoms with van der Waals surface area (Å²) in [5.74, 6) is 0.392. The maximum absolute atomic E-state index is 14.2. The first-order chi connectivity index (χ1) is 15.0. The molecular formula is C23H27N3O3S2. The number of fused-ring (bicyclic) bond motifs is 1. The van der Waals surface area contributed by atoms with Crippen LogP contribution in [0.1, 0.15) is 25.3 Å². The van der Waals surface area contributed by atoms with E-state index < -0.39 is 10.0 Å². The standard InChI is InChI=1S/C23H27N3O3S2/c1-16-19-5-3-4-6-21(19)30-23(16)26(17(2)18-7-8-18)31(27,28)22-15-24-10-9-20(22)25-11-13-29-14-12-25/h3-6,9-10,15,17-18H,7-8,11-14H2,1-2H3. The second-order valence-electron chi connectivity index (χ2n) is 8.35. The predicted octanol–water partition coefficient (Wildman–Crippen LogP) is 4.44. The number of ether oxygens (including phenoxy) is 1. The molecule has 5 rings (SSSR count). The van der Waals surface area contributed by atoms with Crippen LogP contribution in [0.4, 0.5) is 10.7 Å². The monoisotopic (exact) mass is 457 g/mol. The number of benzene rings is 1. The average molecular weight is 458 g/mol. The number of morpholine rings is 1. The van der Waals surface area contributed by atoms with Gasteiger partial charge in [-0.05, 0) is 55.7 Å². The van der Waals surface area contributed by atoms with Gasteiger partial charge in [-0.1, -0.05) is 18.2 Å². The van der Waals surface area contributed by atoms with Crippen LogP contribution >= 0.6 is 11.3 Å². The molecule has 1 saturated heterocycles. The van der Waals surface area contributed by atoms with E-state index in [1.54, 1.807) is 21.8 Å². The summed E-state index contributed by atoms with van der Waals surface area (Å²) in [5.41, 5.74) is 1.73. The smallest absolute Gasteiger partial charge is 0.268 e. The summed E-state index contributed by atoms with van der Waals surface area (Å²) in [4.78, 5) is 6.58. The number of aryl methyl sites for hydroxylation is 1. The Balaban J connectivity index is 1.65. The Kier molecular flexibility index (Phi) is 5.40. The number of sulfonamides is 1. The Morgan fingerprint density at radius 3 is 2.65 bits per heavy atom. The third-order valence-electron chi connectivity index (χ3n) is 6.34. The molecule has 1 aromatic carbocycles. The van der Waals surface area contributed by atoms with Crippen molar-refractivity contribution in [1.29, 1.82) is 0 Å². The van der Waals surface area contributed by atoms with Gasteiger partial charge in [0, 0.05) is 36.2 Å². The minimum Gasteiger partial charge on any atom is -0.378 e. The molecule has 2 aliphatic rings. The number of rotatable bonds is 6. The molecule has 8 heteroatoms. The second kappa shape index (κ2) is 8.07. The van der Waals surface area contributed by atoms with E-state index in [1.165, 1.54) is 6.20 Å². The Labute approximate surface area is 187 Å². The van der Waals surface area contributed by atoms with Crippen LogP contribution < -0.4 is 9.21 Å². The molecule has 2 fully saturated rings. The van der Waals surface area contributed by atoms with E-state index in [0.29, 0.717) is 37.9 Å². The van der Waals surface area contributed by atoms with Crippen molar-refractivity contribution in [3.63, 3.8) is 0 Å². The van der Waals surface area contributed by atoms with Crippen molar-refractivity contribution in [2.75, 3.05) is 35.5 Å². The summed E-state index contributed by atoms with van der Waals surface area (Å²) < 4.78 is 36.7. The van der Waals surface area contributed by atoms with Crippen LogP contribution in [0.15, 0.2) is 47.6 Å². The Morgan fingerprint density at radius 2 is 1.94 bits per heavy atom. The number of pyridine rings is 1. The lowest BCUT2D eigenvalue weighted by molar-refractivity contribution is 0.122. The number of aromatic nitrogens is 1. The van der Waals surface area contributed by atoms with Gasteiger partial charge in [-0.2, -0.15) is 0 Å². The third-order valence-corrected chi connectivity index (χ3v) is 9.64. The lowest BCUT2D eigenvalue weighted by Gasteiger charge is -2.34. The molecule has 3 aromatic rings. The van der Waals surface area contributed by atoms with E-state index in [4.69, 9.17) is 4.74 Å². The van der Waals surface area contributed by atoms with Crippen molar-refractivity contribution in [3.8, 4) is 0 Å². The van der Waals surface area contributed by atoms with Gasteiger partial charge < -0.3 is 9.64 Å². The van der Waals surface area contributed by atoms with Crippen LogP contribution in [0.2, 0.25) is 0 Å². The highest BCUT2D eigenvalue weighted by Crippen LogP contribution is 2.46. The van der Waals surface area contributed by atoms with Crippen LogP contribution in [0.5, 0.6) is 0 Å². The molecule has 164 valence electrons. The highest BCUT2D eigenvalue weighted by atomic mass is 32.2.